The van der Waals surface area contributed by atoms with E-state index in [1.807, 2.05) is 23.1 Å². The number of aromatic amines is 1. The zero-order valence-electron chi connectivity index (χ0n) is 17.4. The number of ether oxygens (including phenoxy) is 2. The minimum atomic E-state index is -0.471. The Bertz CT molecular complexity index is 1200. The molecule has 2 aliphatic rings. The minimum absolute atomic E-state index is 0.0744. The molecule has 1 saturated heterocycles. The number of carbonyl (C=O) groups is 1. The maximum Gasteiger partial charge on any atom is 0.348 e. The van der Waals surface area contributed by atoms with Crippen molar-refractivity contribution < 1.29 is 18.7 Å². The highest BCUT2D eigenvalue weighted by atomic mass is 19.1. The molecule has 1 N–H and O–H groups in total. The van der Waals surface area contributed by atoms with Gasteiger partial charge in [0.2, 0.25) is 12.7 Å². The van der Waals surface area contributed by atoms with Crippen LogP contribution in [0.1, 0.15) is 24.2 Å². The summed E-state index contributed by atoms with van der Waals surface area (Å²) >= 11 is 0. The van der Waals surface area contributed by atoms with E-state index >= 15 is 0 Å². The molecule has 1 fully saturated rings. The number of piperidine rings is 1. The topological polar surface area (TPSA) is 89.5 Å². The third-order valence-corrected chi connectivity index (χ3v) is 6.07. The molecular formula is C23H23FN4O4. The number of likely N-dealkylation sites (tertiary alicyclic amines) is 1. The number of hydrogen-bond donors (Lipinski definition) is 1. The van der Waals surface area contributed by atoms with Crippen LogP contribution in [0.25, 0.3) is 5.69 Å². The van der Waals surface area contributed by atoms with Crippen molar-refractivity contribution in [3.63, 3.8) is 0 Å². The maximum atomic E-state index is 14.2. The van der Waals surface area contributed by atoms with E-state index in [0.717, 1.165) is 18.4 Å². The number of nitrogens with one attached hydrogen (secondary N) is 1. The molecule has 1 amide bonds. The Hall–Kier alpha value is -3.62. The number of amides is 1. The standard InChI is InChI=1S/C23H23FN4O4/c24-17-3-1-2-4-18(17)28-21(25-26-23(28)30)12-15-7-9-27(10-8-15)22(29)13-16-5-6-19-20(11-16)32-14-31-19/h1-6,11,15H,7-10,12-14H2,(H,26,30). The van der Waals surface area contributed by atoms with E-state index in [-0.39, 0.29) is 24.3 Å². The Morgan fingerprint density at radius 2 is 1.91 bits per heavy atom. The van der Waals surface area contributed by atoms with Crippen LogP contribution in [0.5, 0.6) is 11.5 Å². The molecule has 3 aromatic rings. The van der Waals surface area contributed by atoms with Gasteiger partial charge in [0.25, 0.3) is 0 Å². The lowest BCUT2D eigenvalue weighted by atomic mass is 9.93. The highest BCUT2D eigenvalue weighted by Crippen LogP contribution is 2.33. The summed E-state index contributed by atoms with van der Waals surface area (Å²) in [6, 6.07) is 11.7. The van der Waals surface area contributed by atoms with Crippen LogP contribution in [0.3, 0.4) is 0 Å². The Kier molecular flexibility index (Phi) is 5.38. The van der Waals surface area contributed by atoms with Gasteiger partial charge in [0, 0.05) is 19.5 Å². The fraction of sp³-hybridized carbons (Fsp3) is 0.348. The van der Waals surface area contributed by atoms with Gasteiger partial charge in [-0.05, 0) is 48.6 Å². The number of halogens is 1. The van der Waals surface area contributed by atoms with Gasteiger partial charge in [-0.25, -0.2) is 18.9 Å². The first-order valence-corrected chi connectivity index (χ1v) is 10.7. The molecule has 0 atom stereocenters. The van der Waals surface area contributed by atoms with Crippen molar-refractivity contribution >= 4 is 5.91 Å². The number of aromatic nitrogens is 3. The zero-order valence-corrected chi connectivity index (χ0v) is 17.4. The monoisotopic (exact) mass is 438 g/mol. The van der Waals surface area contributed by atoms with Crippen LogP contribution in [0.2, 0.25) is 0 Å². The molecule has 2 aliphatic heterocycles. The van der Waals surface area contributed by atoms with Gasteiger partial charge in [-0.15, -0.1) is 0 Å². The van der Waals surface area contributed by atoms with Crippen LogP contribution in [0, 0.1) is 11.7 Å². The van der Waals surface area contributed by atoms with E-state index in [1.165, 1.54) is 10.6 Å². The molecular weight excluding hydrogens is 415 g/mol. The smallest absolute Gasteiger partial charge is 0.348 e. The van der Waals surface area contributed by atoms with Gasteiger partial charge in [-0.1, -0.05) is 18.2 Å². The lowest BCUT2D eigenvalue weighted by molar-refractivity contribution is -0.131. The van der Waals surface area contributed by atoms with Crippen molar-refractivity contribution in [1.82, 2.24) is 19.7 Å². The molecule has 2 aromatic carbocycles. The zero-order chi connectivity index (χ0) is 22.1. The second-order valence-corrected chi connectivity index (χ2v) is 8.12. The van der Waals surface area contributed by atoms with Gasteiger partial charge in [0.05, 0.1) is 12.1 Å². The quantitative estimate of drug-likeness (QED) is 0.661. The van der Waals surface area contributed by atoms with E-state index in [2.05, 4.69) is 10.2 Å². The number of para-hydroxylation sites is 1. The SMILES string of the molecule is O=C(Cc1ccc2c(c1)OCO2)N1CCC(Cc2n[nH]c(=O)n2-c2ccccc2F)CC1. The van der Waals surface area contributed by atoms with Crippen molar-refractivity contribution in [1.29, 1.82) is 0 Å². The van der Waals surface area contributed by atoms with E-state index in [1.54, 1.807) is 18.2 Å². The lowest BCUT2D eigenvalue weighted by Gasteiger charge is -2.32. The van der Waals surface area contributed by atoms with Crippen LogP contribution in [-0.4, -0.2) is 45.5 Å². The van der Waals surface area contributed by atoms with Gasteiger partial charge in [0.1, 0.15) is 11.6 Å². The predicted molar refractivity (Wildman–Crippen MR) is 113 cm³/mol. The van der Waals surface area contributed by atoms with Crippen LogP contribution in [0.4, 0.5) is 4.39 Å². The summed E-state index contributed by atoms with van der Waals surface area (Å²) in [5.74, 6) is 1.74. The van der Waals surface area contributed by atoms with Crippen LogP contribution in [0.15, 0.2) is 47.3 Å². The molecule has 0 radical (unpaired) electrons. The summed E-state index contributed by atoms with van der Waals surface area (Å²) < 4.78 is 26.2. The van der Waals surface area contributed by atoms with Gasteiger partial charge in [0.15, 0.2) is 11.5 Å². The molecule has 0 spiro atoms. The molecule has 32 heavy (non-hydrogen) atoms. The summed E-state index contributed by atoms with van der Waals surface area (Å²) in [4.78, 5) is 26.9. The van der Waals surface area contributed by atoms with E-state index in [0.29, 0.717) is 43.3 Å². The van der Waals surface area contributed by atoms with Crippen molar-refractivity contribution in [2.75, 3.05) is 19.9 Å². The lowest BCUT2D eigenvalue weighted by Crippen LogP contribution is -2.40. The second kappa shape index (κ2) is 8.49. The number of nitrogens with zero attached hydrogens (tertiary/aromatic N) is 3. The summed E-state index contributed by atoms with van der Waals surface area (Å²) in [5, 5.41) is 6.55. The Labute approximate surface area is 183 Å². The Balaban J connectivity index is 1.20. The summed E-state index contributed by atoms with van der Waals surface area (Å²) in [6.45, 7) is 1.49. The second-order valence-electron chi connectivity index (χ2n) is 8.12. The minimum Gasteiger partial charge on any atom is -0.454 e. The first-order valence-electron chi connectivity index (χ1n) is 10.7. The van der Waals surface area contributed by atoms with E-state index < -0.39 is 11.5 Å². The van der Waals surface area contributed by atoms with Crippen LogP contribution >= 0.6 is 0 Å². The molecule has 0 bridgehead atoms. The van der Waals surface area contributed by atoms with Gasteiger partial charge < -0.3 is 14.4 Å². The van der Waals surface area contributed by atoms with E-state index in [4.69, 9.17) is 9.47 Å². The highest BCUT2D eigenvalue weighted by molar-refractivity contribution is 5.79. The van der Waals surface area contributed by atoms with Gasteiger partial charge in [-0.3, -0.25) is 4.79 Å². The third kappa shape index (κ3) is 3.98. The summed E-state index contributed by atoms with van der Waals surface area (Å²) in [5.41, 5.74) is 0.630. The fourth-order valence-electron chi connectivity index (χ4n) is 4.33. The van der Waals surface area contributed by atoms with Gasteiger partial charge in [-0.2, -0.15) is 5.10 Å². The first-order chi connectivity index (χ1) is 15.6. The summed E-state index contributed by atoms with van der Waals surface area (Å²) in [6.07, 6.45) is 2.45. The molecule has 5 rings (SSSR count). The number of benzene rings is 2. The van der Waals surface area contributed by atoms with Crippen LogP contribution < -0.4 is 15.2 Å². The first kappa shape index (κ1) is 20.3. The van der Waals surface area contributed by atoms with Crippen molar-refractivity contribution in [2.24, 2.45) is 5.92 Å². The number of rotatable bonds is 5. The Morgan fingerprint density at radius 1 is 1.12 bits per heavy atom. The molecule has 166 valence electrons. The molecule has 1 aromatic heterocycles. The van der Waals surface area contributed by atoms with Crippen molar-refractivity contribution in [3.05, 3.63) is 70.2 Å². The molecule has 0 unspecified atom stereocenters. The fourth-order valence-corrected chi connectivity index (χ4v) is 4.33. The maximum absolute atomic E-state index is 14.2. The molecule has 0 aliphatic carbocycles. The van der Waals surface area contributed by atoms with Crippen LogP contribution in [-0.2, 0) is 17.6 Å². The third-order valence-electron chi connectivity index (χ3n) is 6.07. The normalized spacial score (nSPS) is 15.8. The molecule has 3 heterocycles. The number of H-pyrrole nitrogens is 1. The highest BCUT2D eigenvalue weighted by Gasteiger charge is 2.26. The van der Waals surface area contributed by atoms with Crippen molar-refractivity contribution in [3.8, 4) is 17.2 Å². The Morgan fingerprint density at radius 3 is 2.72 bits per heavy atom. The average molecular weight is 438 g/mol. The predicted octanol–water partition coefficient (Wildman–Crippen LogP) is 2.45. The average Bonchev–Trinajstić information content (AvgIpc) is 3.41. The molecule has 9 heteroatoms. The largest absolute Gasteiger partial charge is 0.454 e. The number of carbonyl (C=O) groups excluding carboxylic acids is 1. The van der Waals surface area contributed by atoms with Gasteiger partial charge >= 0.3 is 5.69 Å². The molecule has 0 saturated carbocycles. The van der Waals surface area contributed by atoms with Crippen molar-refractivity contribution in [2.45, 2.75) is 25.7 Å². The number of fused-ring (bicyclic) bond motifs is 1. The molecule has 8 nitrogen and oxygen atoms in total. The number of hydrogen-bond acceptors (Lipinski definition) is 5. The van der Waals surface area contributed by atoms with E-state index in [9.17, 15) is 14.0 Å². The summed E-state index contributed by atoms with van der Waals surface area (Å²) in [7, 11) is 0.